The molecule has 0 aromatic heterocycles. The van der Waals surface area contributed by atoms with Crippen LogP contribution in [0.4, 0.5) is 13.2 Å². The number of nitrogens with zero attached hydrogens (tertiary/aromatic N) is 2. The normalized spacial score (nSPS) is 28.5. The standard InChI is InChI=1S/C26H26F3N3O3S/c27-16-36(34,35)31-23-21(11-18-7-4-8-20(22(18)29)17-5-2-1-3-6-17)32(15-25(23)9-10-25)24(33)26(14-30)12-19(28)13-26/h1-8,19,21,23,31H,9-13,15-16H2/t19?,21-,23+,26?/m0/s1. The van der Waals surface area contributed by atoms with Crippen molar-refractivity contribution in [2.45, 2.75) is 50.4 Å². The lowest BCUT2D eigenvalue weighted by Crippen LogP contribution is -2.55. The van der Waals surface area contributed by atoms with Gasteiger partial charge in [0.25, 0.3) is 0 Å². The number of sulfonamides is 1. The lowest BCUT2D eigenvalue weighted by atomic mass is 9.67. The molecule has 0 radical (unpaired) electrons. The number of hydrogen-bond acceptors (Lipinski definition) is 4. The number of carbonyl (C=O) groups excluding carboxylic acids is 1. The van der Waals surface area contributed by atoms with Gasteiger partial charge in [0, 0.05) is 36.4 Å². The minimum atomic E-state index is -4.28. The molecule has 2 aromatic rings. The molecule has 1 saturated heterocycles. The quantitative estimate of drug-likeness (QED) is 0.604. The lowest BCUT2D eigenvalue weighted by Gasteiger charge is -2.41. The second-order valence-electron chi connectivity index (χ2n) is 10.2. The third kappa shape index (κ3) is 4.18. The number of rotatable bonds is 7. The Morgan fingerprint density at radius 1 is 1.14 bits per heavy atom. The van der Waals surface area contributed by atoms with Crippen LogP contribution in [0.5, 0.6) is 0 Å². The van der Waals surface area contributed by atoms with E-state index >= 15 is 4.39 Å². The van der Waals surface area contributed by atoms with Gasteiger partial charge in [0.15, 0.2) is 0 Å². The molecule has 6 nitrogen and oxygen atoms in total. The summed E-state index contributed by atoms with van der Waals surface area (Å²) in [7, 11) is -4.28. The third-order valence-electron chi connectivity index (χ3n) is 7.89. The van der Waals surface area contributed by atoms with Crippen LogP contribution < -0.4 is 4.72 Å². The Hall–Kier alpha value is -2.90. The van der Waals surface area contributed by atoms with E-state index < -0.39 is 56.8 Å². The van der Waals surface area contributed by atoms with Crippen LogP contribution in [-0.4, -0.2) is 50.0 Å². The van der Waals surface area contributed by atoms with Crippen molar-refractivity contribution in [2.75, 3.05) is 12.6 Å². The molecule has 2 aromatic carbocycles. The monoisotopic (exact) mass is 517 g/mol. The van der Waals surface area contributed by atoms with Crippen LogP contribution in [0, 0.1) is 28.0 Å². The zero-order valence-corrected chi connectivity index (χ0v) is 20.3. The molecule has 5 rings (SSSR count). The summed E-state index contributed by atoms with van der Waals surface area (Å²) in [5, 5.41) is 9.72. The number of halogens is 3. The van der Waals surface area contributed by atoms with E-state index in [1.807, 2.05) is 12.1 Å². The predicted molar refractivity (Wildman–Crippen MR) is 127 cm³/mol. The molecule has 3 fully saturated rings. The molecule has 10 heteroatoms. The van der Waals surface area contributed by atoms with Crippen LogP contribution in [0.25, 0.3) is 11.1 Å². The first-order chi connectivity index (χ1) is 17.1. The Bertz CT molecular complexity index is 1320. The summed E-state index contributed by atoms with van der Waals surface area (Å²) in [5.41, 5.74) is -0.850. The van der Waals surface area contributed by atoms with Gasteiger partial charge < -0.3 is 4.90 Å². The van der Waals surface area contributed by atoms with Crippen LogP contribution in [0.1, 0.15) is 31.2 Å². The summed E-state index contributed by atoms with van der Waals surface area (Å²) in [6, 6.07) is 12.5. The van der Waals surface area contributed by atoms with E-state index in [2.05, 4.69) is 4.72 Å². The minimum Gasteiger partial charge on any atom is -0.336 e. The van der Waals surface area contributed by atoms with Crippen LogP contribution in [0.2, 0.25) is 0 Å². The second-order valence-corrected chi connectivity index (χ2v) is 11.9. The lowest BCUT2D eigenvalue weighted by molar-refractivity contribution is -0.147. The average molecular weight is 518 g/mol. The van der Waals surface area contributed by atoms with Crippen LogP contribution in [0.3, 0.4) is 0 Å². The van der Waals surface area contributed by atoms with E-state index in [0.29, 0.717) is 24.0 Å². The first kappa shape index (κ1) is 24.8. The van der Waals surface area contributed by atoms with Crippen molar-refractivity contribution < 1.29 is 26.4 Å². The van der Waals surface area contributed by atoms with Gasteiger partial charge in [0.05, 0.1) is 12.1 Å². The molecule has 1 amide bonds. The molecular weight excluding hydrogens is 491 g/mol. The molecule has 1 N–H and O–H groups in total. The number of alkyl halides is 2. The number of amides is 1. The van der Waals surface area contributed by atoms with Gasteiger partial charge in [-0.2, -0.15) is 5.26 Å². The molecule has 2 saturated carbocycles. The molecule has 190 valence electrons. The highest BCUT2D eigenvalue weighted by Gasteiger charge is 2.64. The number of carbonyl (C=O) groups is 1. The predicted octanol–water partition coefficient (Wildman–Crippen LogP) is 3.88. The molecule has 1 heterocycles. The maximum atomic E-state index is 15.7. The summed E-state index contributed by atoms with van der Waals surface area (Å²) >= 11 is 0. The number of nitriles is 1. The highest BCUT2D eigenvalue weighted by Crippen LogP contribution is 2.57. The zero-order valence-electron chi connectivity index (χ0n) is 19.5. The zero-order chi connectivity index (χ0) is 25.7. The first-order valence-electron chi connectivity index (χ1n) is 11.9. The van der Waals surface area contributed by atoms with E-state index in [-0.39, 0.29) is 31.4 Å². The Morgan fingerprint density at radius 2 is 1.83 bits per heavy atom. The molecule has 2 aliphatic carbocycles. The Labute approximate surface area is 208 Å². The topological polar surface area (TPSA) is 90.3 Å². The van der Waals surface area contributed by atoms with Gasteiger partial charge in [0.1, 0.15) is 17.4 Å². The summed E-state index contributed by atoms with van der Waals surface area (Å²) in [4.78, 5) is 15.0. The number of likely N-dealkylation sites (tertiary alicyclic amines) is 1. The molecule has 2 atom stereocenters. The maximum absolute atomic E-state index is 15.7. The smallest absolute Gasteiger partial charge is 0.243 e. The molecule has 3 aliphatic rings. The summed E-state index contributed by atoms with van der Waals surface area (Å²) in [6.07, 6.45) is -0.547. The fourth-order valence-electron chi connectivity index (χ4n) is 5.74. The van der Waals surface area contributed by atoms with E-state index in [0.717, 1.165) is 0 Å². The van der Waals surface area contributed by atoms with Gasteiger partial charge in [-0.05, 0) is 30.4 Å². The second kappa shape index (κ2) is 8.89. The SMILES string of the molecule is N#CC1(C(=O)N2CC3(CC3)[C@H](NS(=O)(=O)CF)[C@@H]2Cc2cccc(-c3ccccc3)c2F)CC(F)C1. The molecule has 0 unspecified atom stereocenters. The van der Waals surface area contributed by atoms with Crippen LogP contribution >= 0.6 is 0 Å². The van der Waals surface area contributed by atoms with Crippen molar-refractivity contribution in [1.82, 2.24) is 9.62 Å². The first-order valence-corrected chi connectivity index (χ1v) is 13.5. The van der Waals surface area contributed by atoms with Crippen LogP contribution in [0.15, 0.2) is 48.5 Å². The van der Waals surface area contributed by atoms with Crippen molar-refractivity contribution in [3.63, 3.8) is 0 Å². The summed E-state index contributed by atoms with van der Waals surface area (Å²) < 4.78 is 69.7. The average Bonchev–Trinajstić information content (AvgIpc) is 3.58. The summed E-state index contributed by atoms with van der Waals surface area (Å²) in [6.45, 7) is 0.149. The molecular formula is C26H26F3N3O3S. The van der Waals surface area contributed by atoms with Crippen molar-refractivity contribution >= 4 is 15.9 Å². The van der Waals surface area contributed by atoms with Gasteiger partial charge in [-0.1, -0.05) is 48.5 Å². The Kier molecular flexibility index (Phi) is 6.12. The van der Waals surface area contributed by atoms with Gasteiger partial charge in [-0.25, -0.2) is 26.3 Å². The fraction of sp³-hybridized carbons (Fsp3) is 0.462. The van der Waals surface area contributed by atoms with Crippen molar-refractivity contribution in [1.29, 1.82) is 5.26 Å². The maximum Gasteiger partial charge on any atom is 0.243 e. The van der Waals surface area contributed by atoms with Crippen molar-refractivity contribution in [3.8, 4) is 17.2 Å². The number of benzene rings is 2. The molecule has 1 spiro atoms. The van der Waals surface area contributed by atoms with Crippen molar-refractivity contribution in [2.24, 2.45) is 10.8 Å². The molecule has 36 heavy (non-hydrogen) atoms. The van der Waals surface area contributed by atoms with Crippen molar-refractivity contribution in [3.05, 3.63) is 59.9 Å². The fourth-order valence-corrected chi connectivity index (χ4v) is 6.60. The van der Waals surface area contributed by atoms with E-state index in [1.165, 1.54) is 4.90 Å². The van der Waals surface area contributed by atoms with Gasteiger partial charge in [-0.15, -0.1) is 0 Å². The van der Waals surface area contributed by atoms with Gasteiger partial charge >= 0.3 is 0 Å². The Morgan fingerprint density at radius 3 is 2.42 bits per heavy atom. The number of nitrogens with one attached hydrogen (secondary N) is 1. The van der Waals surface area contributed by atoms with E-state index in [9.17, 15) is 27.3 Å². The number of hydrogen-bond donors (Lipinski definition) is 1. The third-order valence-corrected chi connectivity index (χ3v) is 8.79. The van der Waals surface area contributed by atoms with E-state index in [1.54, 1.807) is 42.5 Å². The van der Waals surface area contributed by atoms with Gasteiger partial charge in [0.2, 0.25) is 21.9 Å². The summed E-state index contributed by atoms with van der Waals surface area (Å²) in [5.74, 6) is -1.07. The molecule has 0 bridgehead atoms. The van der Waals surface area contributed by atoms with E-state index in [4.69, 9.17) is 0 Å². The molecule has 1 aliphatic heterocycles. The van der Waals surface area contributed by atoms with Gasteiger partial charge in [-0.3, -0.25) is 4.79 Å². The van der Waals surface area contributed by atoms with Crippen LogP contribution in [-0.2, 0) is 21.2 Å². The highest BCUT2D eigenvalue weighted by atomic mass is 32.2. The largest absolute Gasteiger partial charge is 0.336 e. The highest BCUT2D eigenvalue weighted by molar-refractivity contribution is 7.89. The minimum absolute atomic E-state index is 0.0416. The Balaban J connectivity index is 1.53.